The molecule has 2 amide bonds. The number of benzene rings is 2. The molecule has 0 spiro atoms. The molecule has 0 saturated heterocycles. The summed E-state index contributed by atoms with van der Waals surface area (Å²) in [6.07, 6.45) is 0. The highest BCUT2D eigenvalue weighted by molar-refractivity contribution is 6.06. The third-order valence-corrected chi connectivity index (χ3v) is 4.21. The Kier molecular flexibility index (Phi) is 4.84. The molecule has 5 nitrogen and oxygen atoms in total. The molecule has 3 aromatic rings. The maximum atomic E-state index is 12.4. The Balaban J connectivity index is 1.72. The number of para-hydroxylation sites is 1. The van der Waals surface area contributed by atoms with Crippen molar-refractivity contribution in [3.63, 3.8) is 0 Å². The highest BCUT2D eigenvalue weighted by Crippen LogP contribution is 2.17. The monoisotopic (exact) mass is 335 g/mol. The number of carbonyl (C=O) groups excluding carboxylic acids is 2. The summed E-state index contributed by atoms with van der Waals surface area (Å²) in [7, 11) is 0. The van der Waals surface area contributed by atoms with Crippen LogP contribution in [0.5, 0.6) is 0 Å². The van der Waals surface area contributed by atoms with Gasteiger partial charge in [0.2, 0.25) is 0 Å². The number of nitrogens with one attached hydrogen (secondary N) is 2. The lowest BCUT2D eigenvalue weighted by molar-refractivity contribution is 0.0773. The predicted octanol–water partition coefficient (Wildman–Crippen LogP) is 3.90. The predicted molar refractivity (Wildman–Crippen MR) is 99.9 cm³/mol. The molecule has 0 aliphatic rings. The first-order valence-corrected chi connectivity index (χ1v) is 8.40. The van der Waals surface area contributed by atoms with Crippen LogP contribution in [0.25, 0.3) is 10.9 Å². The van der Waals surface area contributed by atoms with E-state index in [1.54, 1.807) is 29.2 Å². The molecule has 2 N–H and O–H groups in total. The largest absolute Gasteiger partial charge is 0.351 e. The van der Waals surface area contributed by atoms with Gasteiger partial charge in [0, 0.05) is 35.2 Å². The van der Waals surface area contributed by atoms with Gasteiger partial charge in [0.15, 0.2) is 0 Å². The Labute approximate surface area is 146 Å². The summed E-state index contributed by atoms with van der Waals surface area (Å²) in [5, 5.41) is 3.84. The van der Waals surface area contributed by atoms with Crippen LogP contribution in [0.2, 0.25) is 0 Å². The molecule has 128 valence electrons. The van der Waals surface area contributed by atoms with Gasteiger partial charge in [-0.15, -0.1) is 0 Å². The van der Waals surface area contributed by atoms with Crippen molar-refractivity contribution in [2.24, 2.45) is 0 Å². The summed E-state index contributed by atoms with van der Waals surface area (Å²) >= 11 is 0. The molecule has 0 fully saturated rings. The van der Waals surface area contributed by atoms with Crippen LogP contribution in [0, 0.1) is 0 Å². The van der Waals surface area contributed by atoms with Crippen LogP contribution in [0.15, 0.2) is 54.6 Å². The highest BCUT2D eigenvalue weighted by Gasteiger charge is 2.13. The highest BCUT2D eigenvalue weighted by atomic mass is 16.2. The smallest absolute Gasteiger partial charge is 0.272 e. The summed E-state index contributed by atoms with van der Waals surface area (Å²) in [4.78, 5) is 29.5. The van der Waals surface area contributed by atoms with Crippen LogP contribution >= 0.6 is 0 Å². The van der Waals surface area contributed by atoms with Gasteiger partial charge in [-0.1, -0.05) is 18.2 Å². The first kappa shape index (κ1) is 16.8. The van der Waals surface area contributed by atoms with E-state index in [2.05, 4.69) is 10.3 Å². The van der Waals surface area contributed by atoms with E-state index in [-0.39, 0.29) is 11.8 Å². The summed E-state index contributed by atoms with van der Waals surface area (Å²) in [6, 6.07) is 16.5. The van der Waals surface area contributed by atoms with Crippen molar-refractivity contribution < 1.29 is 9.59 Å². The van der Waals surface area contributed by atoms with Crippen molar-refractivity contribution in [1.82, 2.24) is 9.88 Å². The number of anilines is 1. The molecule has 3 rings (SSSR count). The molecule has 5 heteroatoms. The average Bonchev–Trinajstić information content (AvgIpc) is 3.07. The van der Waals surface area contributed by atoms with Gasteiger partial charge >= 0.3 is 0 Å². The fraction of sp³-hybridized carbons (Fsp3) is 0.200. The number of carbonyl (C=O) groups is 2. The van der Waals surface area contributed by atoms with Crippen molar-refractivity contribution in [2.75, 3.05) is 18.4 Å². The second-order valence-corrected chi connectivity index (χ2v) is 5.78. The Bertz CT molecular complexity index is 860. The zero-order valence-corrected chi connectivity index (χ0v) is 14.4. The van der Waals surface area contributed by atoms with Gasteiger partial charge in [0.05, 0.1) is 0 Å². The Morgan fingerprint density at radius 2 is 1.68 bits per heavy atom. The van der Waals surface area contributed by atoms with Gasteiger partial charge < -0.3 is 15.2 Å². The zero-order valence-electron chi connectivity index (χ0n) is 14.4. The lowest BCUT2D eigenvalue weighted by Crippen LogP contribution is -2.30. The zero-order chi connectivity index (χ0) is 17.8. The Hall–Kier alpha value is -3.08. The van der Waals surface area contributed by atoms with Gasteiger partial charge in [0.25, 0.3) is 11.8 Å². The van der Waals surface area contributed by atoms with E-state index in [1.807, 2.05) is 44.2 Å². The van der Waals surface area contributed by atoms with Crippen LogP contribution in [0.3, 0.4) is 0 Å². The minimum Gasteiger partial charge on any atom is -0.351 e. The Morgan fingerprint density at radius 1 is 1.00 bits per heavy atom. The number of nitrogens with zero attached hydrogens (tertiary/aromatic N) is 1. The third kappa shape index (κ3) is 3.55. The minimum absolute atomic E-state index is 0.00139. The summed E-state index contributed by atoms with van der Waals surface area (Å²) in [6.45, 7) is 5.26. The second-order valence-electron chi connectivity index (χ2n) is 5.78. The molecule has 0 unspecified atom stereocenters. The molecule has 0 aliphatic carbocycles. The molecule has 0 bridgehead atoms. The molecule has 0 aliphatic heterocycles. The molecule has 25 heavy (non-hydrogen) atoms. The molecule has 0 radical (unpaired) electrons. The third-order valence-electron chi connectivity index (χ3n) is 4.21. The minimum atomic E-state index is -0.209. The number of amides is 2. The van der Waals surface area contributed by atoms with E-state index in [0.717, 1.165) is 10.9 Å². The number of rotatable bonds is 5. The summed E-state index contributed by atoms with van der Waals surface area (Å²) < 4.78 is 0. The first-order chi connectivity index (χ1) is 12.1. The fourth-order valence-electron chi connectivity index (χ4n) is 2.78. The van der Waals surface area contributed by atoms with Gasteiger partial charge in [-0.2, -0.15) is 0 Å². The van der Waals surface area contributed by atoms with E-state index < -0.39 is 0 Å². The van der Waals surface area contributed by atoms with E-state index in [9.17, 15) is 9.59 Å². The normalized spacial score (nSPS) is 10.6. The van der Waals surface area contributed by atoms with Gasteiger partial charge in [0.1, 0.15) is 5.69 Å². The maximum Gasteiger partial charge on any atom is 0.272 e. The van der Waals surface area contributed by atoms with Crippen LogP contribution in [0.1, 0.15) is 34.7 Å². The van der Waals surface area contributed by atoms with Crippen LogP contribution in [-0.2, 0) is 0 Å². The lowest BCUT2D eigenvalue weighted by atomic mass is 10.1. The summed E-state index contributed by atoms with van der Waals surface area (Å²) in [5.41, 5.74) is 2.70. The van der Waals surface area contributed by atoms with Gasteiger partial charge in [-0.05, 0) is 50.2 Å². The van der Waals surface area contributed by atoms with Gasteiger partial charge in [-0.3, -0.25) is 9.59 Å². The van der Waals surface area contributed by atoms with Crippen LogP contribution in [-0.4, -0.2) is 34.8 Å². The van der Waals surface area contributed by atoms with Crippen molar-refractivity contribution in [3.05, 3.63) is 65.9 Å². The van der Waals surface area contributed by atoms with Crippen LogP contribution in [0.4, 0.5) is 5.69 Å². The Morgan fingerprint density at radius 3 is 2.32 bits per heavy atom. The molecule has 1 heterocycles. The van der Waals surface area contributed by atoms with Crippen molar-refractivity contribution in [1.29, 1.82) is 0 Å². The maximum absolute atomic E-state index is 12.4. The van der Waals surface area contributed by atoms with Gasteiger partial charge in [-0.25, -0.2) is 0 Å². The topological polar surface area (TPSA) is 65.2 Å². The standard InChI is InChI=1S/C20H21N3O2/c1-3-23(4-2)20(25)14-9-11-16(12-10-14)21-19(24)18-13-15-7-5-6-8-17(15)22-18/h5-13,22H,3-4H2,1-2H3,(H,21,24). The van der Waals surface area contributed by atoms with Crippen molar-refractivity contribution in [3.8, 4) is 0 Å². The molecular formula is C20H21N3O2. The lowest BCUT2D eigenvalue weighted by Gasteiger charge is -2.18. The molecular weight excluding hydrogens is 314 g/mol. The number of aromatic amines is 1. The summed E-state index contributed by atoms with van der Waals surface area (Å²) in [5.74, 6) is -0.211. The molecule has 0 atom stereocenters. The van der Waals surface area contributed by atoms with Crippen molar-refractivity contribution in [2.45, 2.75) is 13.8 Å². The van der Waals surface area contributed by atoms with E-state index in [0.29, 0.717) is 30.0 Å². The molecule has 1 aromatic heterocycles. The van der Waals surface area contributed by atoms with E-state index >= 15 is 0 Å². The number of hydrogen-bond acceptors (Lipinski definition) is 2. The SMILES string of the molecule is CCN(CC)C(=O)c1ccc(NC(=O)c2cc3ccccc3[nH]2)cc1. The van der Waals surface area contributed by atoms with E-state index in [1.165, 1.54) is 0 Å². The number of H-pyrrole nitrogens is 1. The molecule has 0 saturated carbocycles. The van der Waals surface area contributed by atoms with Crippen molar-refractivity contribution >= 4 is 28.4 Å². The quantitative estimate of drug-likeness (QED) is 0.742. The second kappa shape index (κ2) is 7.21. The average molecular weight is 335 g/mol. The molecule has 2 aromatic carbocycles. The number of hydrogen-bond donors (Lipinski definition) is 2. The van der Waals surface area contributed by atoms with Crippen LogP contribution < -0.4 is 5.32 Å². The van der Waals surface area contributed by atoms with E-state index in [4.69, 9.17) is 0 Å². The number of aromatic nitrogens is 1. The fourth-order valence-corrected chi connectivity index (χ4v) is 2.78. The number of fused-ring (bicyclic) bond motifs is 1. The first-order valence-electron chi connectivity index (χ1n) is 8.40.